The van der Waals surface area contributed by atoms with Crippen molar-refractivity contribution in [2.24, 2.45) is 5.92 Å². The molecule has 0 spiro atoms. The maximum absolute atomic E-state index is 10.8. The van der Waals surface area contributed by atoms with Gasteiger partial charge in [0.2, 0.25) is 0 Å². The molecular weight excluding hydrogens is 444 g/mol. The minimum atomic E-state index is -1.41. The van der Waals surface area contributed by atoms with Gasteiger partial charge in [-0.05, 0) is 26.2 Å². The monoisotopic (exact) mass is 482 g/mol. The second-order valence-electron chi connectivity index (χ2n) is 9.25. The number of rotatable bonds is 6. The Bertz CT molecular complexity index is 624. The van der Waals surface area contributed by atoms with Crippen LogP contribution in [0.4, 0.5) is 0 Å². The van der Waals surface area contributed by atoms with Crippen molar-refractivity contribution in [2.45, 2.75) is 113 Å². The van der Waals surface area contributed by atoms with Crippen molar-refractivity contribution in [3.05, 3.63) is 0 Å². The smallest absolute Gasteiger partial charge is 0.186 e. The SMILES string of the molecule is CO[C@@H]1OC(C)[C@H](O[C@H]2CC(C)[C@@H](O[C@@H]3OC(C)[C@H](OC)[C@H](O)C3O)C(O)C2O)[C@H](O)C1O. The molecule has 7 unspecified atom stereocenters. The molecule has 0 aromatic rings. The van der Waals surface area contributed by atoms with Gasteiger partial charge in [-0.2, -0.15) is 0 Å². The minimum Gasteiger partial charge on any atom is -0.388 e. The van der Waals surface area contributed by atoms with E-state index in [0.717, 1.165) is 0 Å². The van der Waals surface area contributed by atoms with Crippen LogP contribution in [0.25, 0.3) is 0 Å². The zero-order valence-electron chi connectivity index (χ0n) is 19.5. The molecular formula is C21H38O12. The van der Waals surface area contributed by atoms with E-state index in [1.54, 1.807) is 20.8 Å². The van der Waals surface area contributed by atoms with Gasteiger partial charge in [-0.1, -0.05) is 6.92 Å². The Hall–Kier alpha value is -0.480. The zero-order valence-corrected chi connectivity index (χ0v) is 19.5. The van der Waals surface area contributed by atoms with Crippen LogP contribution in [0.1, 0.15) is 27.2 Å². The maximum atomic E-state index is 10.8. The third-order valence-electron chi connectivity index (χ3n) is 6.91. The van der Waals surface area contributed by atoms with Gasteiger partial charge in [-0.25, -0.2) is 0 Å². The van der Waals surface area contributed by atoms with Gasteiger partial charge in [0.05, 0.1) is 24.4 Å². The Morgan fingerprint density at radius 1 is 0.576 bits per heavy atom. The van der Waals surface area contributed by atoms with Crippen LogP contribution in [0.2, 0.25) is 0 Å². The van der Waals surface area contributed by atoms with Crippen molar-refractivity contribution in [3.63, 3.8) is 0 Å². The molecule has 2 heterocycles. The highest BCUT2D eigenvalue weighted by atomic mass is 16.7. The van der Waals surface area contributed by atoms with Gasteiger partial charge in [0, 0.05) is 14.2 Å². The van der Waals surface area contributed by atoms with Crippen LogP contribution in [-0.4, -0.2) is 131 Å². The molecule has 15 atom stereocenters. The molecule has 0 bridgehead atoms. The first kappa shape index (κ1) is 27.1. The second kappa shape index (κ2) is 11.1. The van der Waals surface area contributed by atoms with Gasteiger partial charge in [0.25, 0.3) is 0 Å². The van der Waals surface area contributed by atoms with E-state index in [0.29, 0.717) is 0 Å². The predicted octanol–water partition coefficient (Wildman–Crippen LogP) is -2.52. The summed E-state index contributed by atoms with van der Waals surface area (Å²) in [6.45, 7) is 5.09. The molecule has 0 aromatic carbocycles. The molecule has 3 fully saturated rings. The molecule has 1 aliphatic carbocycles. The van der Waals surface area contributed by atoms with E-state index in [4.69, 9.17) is 28.4 Å². The first-order valence-electron chi connectivity index (χ1n) is 11.3. The molecule has 194 valence electrons. The Balaban J connectivity index is 1.64. The van der Waals surface area contributed by atoms with Crippen LogP contribution in [0.5, 0.6) is 0 Å². The molecule has 3 rings (SSSR count). The van der Waals surface area contributed by atoms with Crippen LogP contribution in [-0.2, 0) is 28.4 Å². The fraction of sp³-hybridized carbons (Fsp3) is 1.00. The highest BCUT2D eigenvalue weighted by molar-refractivity contribution is 4.97. The van der Waals surface area contributed by atoms with E-state index in [1.807, 2.05) is 0 Å². The van der Waals surface area contributed by atoms with Gasteiger partial charge >= 0.3 is 0 Å². The van der Waals surface area contributed by atoms with Crippen molar-refractivity contribution in [1.82, 2.24) is 0 Å². The van der Waals surface area contributed by atoms with Crippen molar-refractivity contribution >= 4 is 0 Å². The minimum absolute atomic E-state index is 0.240. The Morgan fingerprint density at radius 3 is 1.70 bits per heavy atom. The van der Waals surface area contributed by atoms with Crippen LogP contribution in [0.3, 0.4) is 0 Å². The summed E-state index contributed by atoms with van der Waals surface area (Å²) in [6.07, 6.45) is -14.9. The average molecular weight is 483 g/mol. The van der Waals surface area contributed by atoms with E-state index in [9.17, 15) is 30.6 Å². The van der Waals surface area contributed by atoms with E-state index in [-0.39, 0.29) is 12.3 Å². The maximum Gasteiger partial charge on any atom is 0.186 e. The molecule has 33 heavy (non-hydrogen) atoms. The Morgan fingerprint density at radius 2 is 1.09 bits per heavy atom. The summed E-state index contributed by atoms with van der Waals surface area (Å²) >= 11 is 0. The van der Waals surface area contributed by atoms with Crippen molar-refractivity contribution < 1.29 is 59.1 Å². The standard InChI is InChI=1S/C21H38O12/c1-7-6-10(32-19-9(3)30-20(29-5)15(26)14(19)25)11(22)12(23)17(7)33-21-16(27)13(24)18(28-4)8(2)31-21/h7-27H,6H2,1-5H3/t7?,8?,9?,10-,11?,12?,13+,14+,15?,16?,17+,18-,19-,20+,21-/m0/s1. The van der Waals surface area contributed by atoms with E-state index in [1.165, 1.54) is 14.2 Å². The highest BCUT2D eigenvalue weighted by Crippen LogP contribution is 2.35. The van der Waals surface area contributed by atoms with Crippen molar-refractivity contribution in [3.8, 4) is 0 Å². The molecule has 0 aromatic heterocycles. The summed E-state index contributed by atoms with van der Waals surface area (Å²) in [6, 6.07) is 0. The number of aliphatic hydroxyl groups excluding tert-OH is 6. The zero-order chi connectivity index (χ0) is 24.6. The molecule has 0 amide bonds. The third kappa shape index (κ3) is 5.37. The van der Waals surface area contributed by atoms with Gasteiger partial charge in [0.15, 0.2) is 12.6 Å². The third-order valence-corrected chi connectivity index (χ3v) is 6.91. The quantitative estimate of drug-likeness (QED) is 0.235. The molecule has 12 nitrogen and oxygen atoms in total. The lowest BCUT2D eigenvalue weighted by Gasteiger charge is -2.48. The number of methoxy groups -OCH3 is 2. The second-order valence-corrected chi connectivity index (χ2v) is 9.25. The predicted molar refractivity (Wildman–Crippen MR) is 110 cm³/mol. The van der Waals surface area contributed by atoms with Gasteiger partial charge in [0.1, 0.15) is 48.8 Å². The van der Waals surface area contributed by atoms with E-state index >= 15 is 0 Å². The van der Waals surface area contributed by atoms with Crippen molar-refractivity contribution in [2.75, 3.05) is 14.2 Å². The molecule has 2 saturated heterocycles. The van der Waals surface area contributed by atoms with Gasteiger partial charge < -0.3 is 59.1 Å². The molecule has 2 aliphatic heterocycles. The van der Waals surface area contributed by atoms with E-state index < -0.39 is 85.8 Å². The summed E-state index contributed by atoms with van der Waals surface area (Å²) in [5.41, 5.74) is 0. The molecule has 6 N–H and O–H groups in total. The van der Waals surface area contributed by atoms with Crippen molar-refractivity contribution in [1.29, 1.82) is 0 Å². The molecule has 12 heteroatoms. The normalized spacial score (nSPS) is 53.7. The lowest BCUT2D eigenvalue weighted by atomic mass is 9.81. The Kier molecular flexibility index (Phi) is 9.09. The van der Waals surface area contributed by atoms with Gasteiger partial charge in [-0.15, -0.1) is 0 Å². The number of hydrogen-bond acceptors (Lipinski definition) is 12. The average Bonchev–Trinajstić information content (AvgIpc) is 2.78. The van der Waals surface area contributed by atoms with Crippen LogP contribution in [0, 0.1) is 5.92 Å². The number of ether oxygens (including phenoxy) is 6. The topological polar surface area (TPSA) is 177 Å². The lowest BCUT2D eigenvalue weighted by Crippen LogP contribution is -2.63. The first-order valence-corrected chi connectivity index (χ1v) is 11.3. The molecule has 3 aliphatic rings. The molecule has 0 radical (unpaired) electrons. The summed E-state index contributed by atoms with van der Waals surface area (Å²) in [4.78, 5) is 0. The highest BCUT2D eigenvalue weighted by Gasteiger charge is 2.51. The van der Waals surface area contributed by atoms with Crippen LogP contribution < -0.4 is 0 Å². The first-order chi connectivity index (χ1) is 15.5. The Labute approximate surface area is 192 Å². The number of aliphatic hydroxyl groups is 6. The fourth-order valence-corrected chi connectivity index (χ4v) is 4.93. The van der Waals surface area contributed by atoms with Crippen LogP contribution in [0.15, 0.2) is 0 Å². The fourth-order valence-electron chi connectivity index (χ4n) is 4.93. The van der Waals surface area contributed by atoms with Crippen LogP contribution >= 0.6 is 0 Å². The molecule has 1 saturated carbocycles. The summed E-state index contributed by atoms with van der Waals surface area (Å²) in [5, 5.41) is 62.8. The number of hydrogen-bond donors (Lipinski definition) is 6. The van der Waals surface area contributed by atoms with E-state index in [2.05, 4.69) is 0 Å². The largest absolute Gasteiger partial charge is 0.388 e. The summed E-state index contributed by atoms with van der Waals surface area (Å²) in [7, 11) is 2.74. The van der Waals surface area contributed by atoms with Gasteiger partial charge in [-0.3, -0.25) is 0 Å². The summed E-state index contributed by atoms with van der Waals surface area (Å²) < 4.78 is 33.1. The lowest BCUT2D eigenvalue weighted by molar-refractivity contribution is -0.332. The summed E-state index contributed by atoms with van der Waals surface area (Å²) in [5.74, 6) is -0.356.